The zero-order valence-corrected chi connectivity index (χ0v) is 30.2. The van der Waals surface area contributed by atoms with Crippen LogP contribution in [0, 0.1) is 0 Å². The molecular weight excluding hydrogens is 728 g/mol. The number of hydrogen-bond donors (Lipinski definition) is 1. The molecule has 4 aliphatic heterocycles. The average Bonchev–Trinajstić information content (AvgIpc) is 3.55. The lowest BCUT2D eigenvalue weighted by molar-refractivity contribution is -0.0159. The molecule has 2 saturated heterocycles. The van der Waals surface area contributed by atoms with Crippen LogP contribution >= 0.6 is 31.9 Å². The van der Waals surface area contributed by atoms with Gasteiger partial charge in [0, 0.05) is 40.4 Å². The Morgan fingerprint density at radius 2 is 1.43 bits per heavy atom. The lowest BCUT2D eigenvalue weighted by Gasteiger charge is -2.44. The van der Waals surface area contributed by atoms with Crippen molar-refractivity contribution in [2.75, 3.05) is 13.1 Å². The molecule has 12 heteroatoms. The minimum Gasteiger partial charge on any atom is -0.444 e. The number of amides is 1. The second kappa shape index (κ2) is 12.1. The van der Waals surface area contributed by atoms with Crippen LogP contribution in [0.15, 0.2) is 54.9 Å². The first kappa shape index (κ1) is 32.5. The van der Waals surface area contributed by atoms with Crippen molar-refractivity contribution in [2.45, 2.75) is 102 Å². The quantitative estimate of drug-likeness (QED) is 0.230. The number of halogens is 2. The molecule has 248 valence electrons. The number of piperidine rings is 2. The summed E-state index contributed by atoms with van der Waals surface area (Å²) >= 11 is 6.89. The SMILES string of the molecule is CC(C)(C)OC(=O)N1CCCCC12Cc1nc3cc(Br)ccc3c(=O)n1C2.O=c1c2ccc(Br)cc2nc2n1CC1(CCCCN1)C2. The van der Waals surface area contributed by atoms with E-state index in [1.165, 1.54) is 12.8 Å². The summed E-state index contributed by atoms with van der Waals surface area (Å²) < 4.78 is 11.1. The molecule has 4 aromatic rings. The number of hydrogen-bond acceptors (Lipinski definition) is 7. The van der Waals surface area contributed by atoms with Gasteiger partial charge in [-0.05, 0) is 95.8 Å². The van der Waals surface area contributed by atoms with Crippen molar-refractivity contribution in [1.29, 1.82) is 0 Å². The first-order chi connectivity index (χ1) is 22.4. The van der Waals surface area contributed by atoms with Crippen LogP contribution in [0.1, 0.15) is 70.9 Å². The summed E-state index contributed by atoms with van der Waals surface area (Å²) in [5, 5.41) is 4.95. The first-order valence-electron chi connectivity index (χ1n) is 16.5. The molecule has 2 aromatic heterocycles. The van der Waals surface area contributed by atoms with Gasteiger partial charge >= 0.3 is 6.09 Å². The van der Waals surface area contributed by atoms with Gasteiger partial charge in [0.1, 0.15) is 17.2 Å². The standard InChI is InChI=1S/C20H24BrN3O3.C15H16BrN3O/c1-19(2,3)27-18(26)24-9-5-4-8-20(24)11-16-22-15-10-13(21)6-7-14(15)17(25)23(16)12-20;16-10-3-4-11-12(7-10)18-13-8-15(5-1-2-6-17-15)9-19(13)14(11)20/h6-7,10H,4-5,8-9,11-12H2,1-3H3;3-4,7,17H,1-2,5-6,8-9H2. The predicted molar refractivity (Wildman–Crippen MR) is 189 cm³/mol. The van der Waals surface area contributed by atoms with Gasteiger partial charge in [-0.3, -0.25) is 18.7 Å². The number of carbonyl (C=O) groups is 1. The maximum atomic E-state index is 13.0. The van der Waals surface area contributed by atoms with Gasteiger partial charge in [0.2, 0.25) is 0 Å². The lowest BCUT2D eigenvalue weighted by atomic mass is 9.85. The molecule has 2 aromatic carbocycles. The Morgan fingerprint density at radius 3 is 2.02 bits per heavy atom. The number of benzene rings is 2. The normalized spacial score (nSPS) is 23.6. The van der Waals surface area contributed by atoms with E-state index in [2.05, 4.69) is 37.2 Å². The highest BCUT2D eigenvalue weighted by Gasteiger charge is 2.48. The molecule has 0 radical (unpaired) electrons. The molecule has 0 saturated carbocycles. The van der Waals surface area contributed by atoms with E-state index in [1.54, 1.807) is 10.6 Å². The second-order valence-electron chi connectivity index (χ2n) is 14.5. The molecule has 1 amide bonds. The molecule has 10 nitrogen and oxygen atoms in total. The Bertz CT molecular complexity index is 2010. The number of nitrogens with zero attached hydrogens (tertiary/aromatic N) is 5. The van der Waals surface area contributed by atoms with E-state index in [0.717, 1.165) is 71.3 Å². The molecule has 2 unspecified atom stereocenters. The summed E-state index contributed by atoms with van der Waals surface area (Å²) in [6.45, 7) is 8.58. The Morgan fingerprint density at radius 1 is 0.830 bits per heavy atom. The third-order valence-corrected chi connectivity index (χ3v) is 10.9. The van der Waals surface area contributed by atoms with Crippen molar-refractivity contribution in [2.24, 2.45) is 0 Å². The highest BCUT2D eigenvalue weighted by Crippen LogP contribution is 2.38. The molecule has 47 heavy (non-hydrogen) atoms. The van der Waals surface area contributed by atoms with Crippen LogP contribution in [0.2, 0.25) is 0 Å². The van der Waals surface area contributed by atoms with Gasteiger partial charge in [-0.2, -0.15) is 0 Å². The summed E-state index contributed by atoms with van der Waals surface area (Å²) in [6, 6.07) is 11.2. The highest BCUT2D eigenvalue weighted by molar-refractivity contribution is 9.10. The monoisotopic (exact) mass is 766 g/mol. The molecule has 6 heterocycles. The van der Waals surface area contributed by atoms with E-state index >= 15 is 0 Å². The molecule has 8 rings (SSSR count). The van der Waals surface area contributed by atoms with Gasteiger partial charge in [-0.25, -0.2) is 14.8 Å². The van der Waals surface area contributed by atoms with Crippen LogP contribution in [0.4, 0.5) is 4.79 Å². The van der Waals surface area contributed by atoms with Crippen LogP contribution in [0.25, 0.3) is 21.8 Å². The predicted octanol–water partition coefficient (Wildman–Crippen LogP) is 6.10. The van der Waals surface area contributed by atoms with E-state index in [-0.39, 0.29) is 22.8 Å². The van der Waals surface area contributed by atoms with Crippen molar-refractivity contribution < 1.29 is 9.53 Å². The maximum Gasteiger partial charge on any atom is 0.410 e. The largest absolute Gasteiger partial charge is 0.444 e. The summed E-state index contributed by atoms with van der Waals surface area (Å²) in [5.41, 5.74) is 0.647. The number of aromatic nitrogens is 4. The molecule has 2 atom stereocenters. The Balaban J connectivity index is 0.000000156. The zero-order chi connectivity index (χ0) is 33.1. The van der Waals surface area contributed by atoms with E-state index in [1.807, 2.05) is 60.6 Å². The number of ether oxygens (including phenoxy) is 1. The highest BCUT2D eigenvalue weighted by atomic mass is 79.9. The fourth-order valence-corrected chi connectivity index (χ4v) is 8.44. The molecule has 4 aliphatic rings. The third kappa shape index (κ3) is 6.17. The number of nitrogens with one attached hydrogen (secondary N) is 1. The molecular formula is C35H40Br2N6O4. The first-order valence-corrected chi connectivity index (χ1v) is 18.1. The third-order valence-electron chi connectivity index (χ3n) is 9.93. The summed E-state index contributed by atoms with van der Waals surface area (Å²) in [4.78, 5) is 49.9. The number of rotatable bonds is 0. The van der Waals surface area contributed by atoms with Crippen LogP contribution in [0.3, 0.4) is 0 Å². The number of carbonyl (C=O) groups excluding carboxylic acids is 1. The Kier molecular flexibility index (Phi) is 8.36. The van der Waals surface area contributed by atoms with Crippen LogP contribution < -0.4 is 16.4 Å². The summed E-state index contributed by atoms with van der Waals surface area (Å²) in [6.07, 6.45) is 7.60. The lowest BCUT2D eigenvalue weighted by Crippen LogP contribution is -2.57. The van der Waals surface area contributed by atoms with Crippen molar-refractivity contribution >= 4 is 59.8 Å². The van der Waals surface area contributed by atoms with Gasteiger partial charge in [0.25, 0.3) is 11.1 Å². The smallest absolute Gasteiger partial charge is 0.410 e. The van der Waals surface area contributed by atoms with Crippen LogP contribution in [-0.4, -0.2) is 59.9 Å². The van der Waals surface area contributed by atoms with Crippen LogP contribution in [-0.2, 0) is 30.7 Å². The fourth-order valence-electron chi connectivity index (χ4n) is 7.74. The van der Waals surface area contributed by atoms with Gasteiger partial charge < -0.3 is 15.0 Å². The molecule has 1 N–H and O–H groups in total. The number of fused-ring (bicyclic) bond motifs is 4. The fraction of sp³-hybridized carbons (Fsp3) is 0.514. The van der Waals surface area contributed by atoms with Crippen molar-refractivity contribution in [3.8, 4) is 0 Å². The molecule has 2 spiro atoms. The molecule has 0 aliphatic carbocycles. The van der Waals surface area contributed by atoms with E-state index in [4.69, 9.17) is 14.7 Å². The maximum absolute atomic E-state index is 13.0. The van der Waals surface area contributed by atoms with Gasteiger partial charge in [-0.1, -0.05) is 38.3 Å². The van der Waals surface area contributed by atoms with Gasteiger partial charge in [0.05, 0.1) is 33.9 Å². The number of likely N-dealkylation sites (tertiary alicyclic amines) is 1. The second-order valence-corrected chi connectivity index (χ2v) is 16.3. The van der Waals surface area contributed by atoms with Gasteiger partial charge in [0.15, 0.2) is 0 Å². The van der Waals surface area contributed by atoms with E-state index < -0.39 is 11.1 Å². The average molecular weight is 769 g/mol. The Labute approximate surface area is 290 Å². The van der Waals surface area contributed by atoms with E-state index in [9.17, 15) is 14.4 Å². The zero-order valence-electron chi connectivity index (χ0n) is 27.1. The van der Waals surface area contributed by atoms with Crippen LogP contribution in [0.5, 0.6) is 0 Å². The summed E-state index contributed by atoms with van der Waals surface area (Å²) in [7, 11) is 0. The van der Waals surface area contributed by atoms with Crippen molar-refractivity contribution in [3.05, 3.63) is 77.7 Å². The van der Waals surface area contributed by atoms with E-state index in [0.29, 0.717) is 35.8 Å². The van der Waals surface area contributed by atoms with Gasteiger partial charge in [-0.15, -0.1) is 0 Å². The molecule has 2 fully saturated rings. The Hall–Kier alpha value is -3.09. The minimum atomic E-state index is -0.544. The minimum absolute atomic E-state index is 0.0333. The topological polar surface area (TPSA) is 111 Å². The van der Waals surface area contributed by atoms with Crippen molar-refractivity contribution in [3.63, 3.8) is 0 Å². The van der Waals surface area contributed by atoms with Crippen molar-refractivity contribution in [1.82, 2.24) is 29.3 Å². The summed E-state index contributed by atoms with van der Waals surface area (Å²) in [5.74, 6) is 1.68. The molecule has 0 bridgehead atoms.